The van der Waals surface area contributed by atoms with Crippen LogP contribution < -0.4 is 10.1 Å². The van der Waals surface area contributed by atoms with Gasteiger partial charge in [-0.1, -0.05) is 13.3 Å². The fraction of sp³-hybridized carbons (Fsp3) is 0.533. The summed E-state index contributed by atoms with van der Waals surface area (Å²) < 4.78 is 5.08. The van der Waals surface area contributed by atoms with Crippen LogP contribution in [0.2, 0.25) is 0 Å². The molecule has 1 aromatic rings. The minimum Gasteiger partial charge on any atom is -0.497 e. The number of hydrogen-bond acceptors (Lipinski definition) is 3. The first-order valence-electron chi connectivity index (χ1n) is 7.02. The molecule has 2 amide bonds. The quantitative estimate of drug-likeness (QED) is 0.769. The van der Waals surface area contributed by atoms with Gasteiger partial charge in [-0.25, -0.2) is 4.79 Å². The Morgan fingerprint density at radius 1 is 1.25 bits per heavy atom. The zero-order chi connectivity index (χ0) is 14.8. The Labute approximate surface area is 120 Å². The molecule has 0 saturated carbocycles. The molecule has 1 aromatic carbocycles. The number of urea groups is 1. The van der Waals surface area contributed by atoms with Crippen molar-refractivity contribution >= 4 is 11.7 Å². The lowest BCUT2D eigenvalue weighted by atomic mass is 10.3. The average molecular weight is 280 g/mol. The molecule has 2 N–H and O–H groups in total. The van der Waals surface area contributed by atoms with E-state index in [9.17, 15) is 4.79 Å². The maximum Gasteiger partial charge on any atom is 0.321 e. The van der Waals surface area contributed by atoms with Gasteiger partial charge in [0, 0.05) is 25.4 Å². The van der Waals surface area contributed by atoms with E-state index in [1.54, 1.807) is 36.3 Å². The molecule has 0 aromatic heterocycles. The van der Waals surface area contributed by atoms with E-state index in [0.29, 0.717) is 19.5 Å². The fourth-order valence-corrected chi connectivity index (χ4v) is 1.80. The van der Waals surface area contributed by atoms with Crippen molar-refractivity contribution in [3.63, 3.8) is 0 Å². The number of benzene rings is 1. The van der Waals surface area contributed by atoms with Crippen LogP contribution in [0.4, 0.5) is 10.5 Å². The highest BCUT2D eigenvalue weighted by molar-refractivity contribution is 5.89. The summed E-state index contributed by atoms with van der Waals surface area (Å²) in [4.78, 5) is 13.9. The summed E-state index contributed by atoms with van der Waals surface area (Å²) in [6.45, 7) is 3.46. The van der Waals surface area contributed by atoms with Crippen LogP contribution in [0.15, 0.2) is 24.3 Å². The first kappa shape index (κ1) is 16.3. The Morgan fingerprint density at radius 2 is 1.90 bits per heavy atom. The number of amides is 2. The Kier molecular flexibility index (Phi) is 7.50. The first-order chi connectivity index (χ1) is 9.71. The van der Waals surface area contributed by atoms with Crippen LogP contribution in [0.1, 0.15) is 26.2 Å². The van der Waals surface area contributed by atoms with Crippen molar-refractivity contribution in [2.75, 3.05) is 32.1 Å². The standard InChI is InChI=1S/C15H24N2O3/c1-3-4-10-17(11-5-12-18)15(19)16-13-6-8-14(20-2)9-7-13/h6-9,18H,3-5,10-12H2,1-2H3,(H,16,19). The number of unbranched alkanes of at least 4 members (excludes halogenated alkanes) is 1. The molecule has 0 unspecified atom stereocenters. The molecule has 0 aliphatic carbocycles. The van der Waals surface area contributed by atoms with Gasteiger partial charge in [-0.3, -0.25) is 0 Å². The molecular formula is C15H24N2O3. The molecule has 0 aliphatic rings. The van der Waals surface area contributed by atoms with E-state index in [2.05, 4.69) is 12.2 Å². The molecule has 20 heavy (non-hydrogen) atoms. The highest BCUT2D eigenvalue weighted by Gasteiger charge is 2.12. The topological polar surface area (TPSA) is 61.8 Å². The van der Waals surface area contributed by atoms with Gasteiger partial charge in [0.05, 0.1) is 7.11 Å². The second-order valence-electron chi connectivity index (χ2n) is 4.58. The van der Waals surface area contributed by atoms with E-state index in [4.69, 9.17) is 9.84 Å². The summed E-state index contributed by atoms with van der Waals surface area (Å²) in [7, 11) is 1.61. The lowest BCUT2D eigenvalue weighted by molar-refractivity contribution is 0.201. The van der Waals surface area contributed by atoms with Crippen molar-refractivity contribution in [1.82, 2.24) is 4.90 Å². The fourth-order valence-electron chi connectivity index (χ4n) is 1.80. The van der Waals surface area contributed by atoms with Crippen LogP contribution in [0.25, 0.3) is 0 Å². The van der Waals surface area contributed by atoms with Gasteiger partial charge in [0.25, 0.3) is 0 Å². The number of carbonyl (C=O) groups excluding carboxylic acids is 1. The summed E-state index contributed by atoms with van der Waals surface area (Å²) >= 11 is 0. The molecule has 0 fully saturated rings. The lowest BCUT2D eigenvalue weighted by Gasteiger charge is -2.22. The van der Waals surface area contributed by atoms with Gasteiger partial charge in [-0.2, -0.15) is 0 Å². The molecule has 0 heterocycles. The summed E-state index contributed by atoms with van der Waals surface area (Å²) in [6, 6.07) is 7.10. The van der Waals surface area contributed by atoms with Crippen LogP contribution in [-0.2, 0) is 0 Å². The Hall–Kier alpha value is -1.75. The van der Waals surface area contributed by atoms with Gasteiger partial charge < -0.3 is 20.1 Å². The first-order valence-corrected chi connectivity index (χ1v) is 7.02. The second-order valence-corrected chi connectivity index (χ2v) is 4.58. The molecule has 0 bridgehead atoms. The highest BCUT2D eigenvalue weighted by Crippen LogP contribution is 2.15. The van der Waals surface area contributed by atoms with Crippen LogP contribution in [0, 0.1) is 0 Å². The van der Waals surface area contributed by atoms with E-state index in [0.717, 1.165) is 24.3 Å². The third-order valence-corrected chi connectivity index (χ3v) is 3.00. The van der Waals surface area contributed by atoms with Crippen molar-refractivity contribution in [1.29, 1.82) is 0 Å². The smallest absolute Gasteiger partial charge is 0.321 e. The summed E-state index contributed by atoms with van der Waals surface area (Å²) in [5.41, 5.74) is 0.737. The summed E-state index contributed by atoms with van der Waals surface area (Å²) in [5.74, 6) is 0.756. The predicted molar refractivity (Wildman–Crippen MR) is 80.2 cm³/mol. The van der Waals surface area contributed by atoms with Crippen LogP contribution in [-0.4, -0.2) is 42.8 Å². The summed E-state index contributed by atoms with van der Waals surface area (Å²) in [6.07, 6.45) is 2.59. The molecule has 0 aliphatic heterocycles. The SMILES string of the molecule is CCCCN(CCCO)C(=O)Nc1ccc(OC)cc1. The van der Waals surface area contributed by atoms with Gasteiger partial charge in [0.15, 0.2) is 0 Å². The van der Waals surface area contributed by atoms with Crippen LogP contribution in [0.3, 0.4) is 0 Å². The highest BCUT2D eigenvalue weighted by atomic mass is 16.5. The van der Waals surface area contributed by atoms with Crippen molar-refractivity contribution in [3.05, 3.63) is 24.3 Å². The number of hydrogen-bond donors (Lipinski definition) is 2. The molecule has 0 radical (unpaired) electrons. The predicted octanol–water partition coefficient (Wildman–Crippen LogP) is 2.71. The number of anilines is 1. The van der Waals surface area contributed by atoms with Crippen LogP contribution in [0.5, 0.6) is 5.75 Å². The van der Waals surface area contributed by atoms with Crippen molar-refractivity contribution in [2.24, 2.45) is 0 Å². The Balaban J connectivity index is 2.58. The van der Waals surface area contributed by atoms with Gasteiger partial charge >= 0.3 is 6.03 Å². The number of methoxy groups -OCH3 is 1. The third-order valence-electron chi connectivity index (χ3n) is 3.00. The van der Waals surface area contributed by atoms with E-state index in [1.165, 1.54) is 0 Å². The lowest BCUT2D eigenvalue weighted by Crippen LogP contribution is -2.36. The van der Waals surface area contributed by atoms with Gasteiger partial charge in [0.1, 0.15) is 5.75 Å². The van der Waals surface area contributed by atoms with E-state index in [1.807, 2.05) is 0 Å². The number of nitrogens with one attached hydrogen (secondary N) is 1. The molecular weight excluding hydrogens is 256 g/mol. The Morgan fingerprint density at radius 3 is 2.45 bits per heavy atom. The molecule has 0 atom stereocenters. The zero-order valence-electron chi connectivity index (χ0n) is 12.3. The molecule has 0 spiro atoms. The van der Waals surface area contributed by atoms with Gasteiger partial charge in [-0.05, 0) is 37.1 Å². The number of nitrogens with zero attached hydrogens (tertiary/aromatic N) is 1. The molecule has 1 rings (SSSR count). The van der Waals surface area contributed by atoms with Crippen molar-refractivity contribution in [3.8, 4) is 5.75 Å². The van der Waals surface area contributed by atoms with E-state index in [-0.39, 0.29) is 12.6 Å². The number of rotatable bonds is 8. The number of aliphatic hydroxyl groups is 1. The molecule has 112 valence electrons. The summed E-state index contributed by atoms with van der Waals surface area (Å²) in [5, 5.41) is 11.8. The molecule has 0 saturated heterocycles. The molecule has 5 heteroatoms. The minimum absolute atomic E-state index is 0.0957. The van der Waals surface area contributed by atoms with E-state index >= 15 is 0 Å². The number of ether oxygens (including phenoxy) is 1. The second kappa shape index (κ2) is 9.20. The van der Waals surface area contributed by atoms with Crippen molar-refractivity contribution < 1.29 is 14.6 Å². The number of carbonyl (C=O) groups is 1. The zero-order valence-corrected chi connectivity index (χ0v) is 12.3. The van der Waals surface area contributed by atoms with Gasteiger partial charge in [-0.15, -0.1) is 0 Å². The Bertz CT molecular complexity index is 385. The number of aliphatic hydroxyl groups excluding tert-OH is 1. The van der Waals surface area contributed by atoms with Gasteiger partial charge in [0.2, 0.25) is 0 Å². The van der Waals surface area contributed by atoms with Crippen molar-refractivity contribution in [2.45, 2.75) is 26.2 Å². The maximum atomic E-state index is 12.2. The van der Waals surface area contributed by atoms with Crippen LogP contribution >= 0.6 is 0 Å². The average Bonchev–Trinajstić information content (AvgIpc) is 2.48. The maximum absolute atomic E-state index is 12.2. The normalized spacial score (nSPS) is 10.2. The third kappa shape index (κ3) is 5.48. The molecule has 5 nitrogen and oxygen atoms in total. The monoisotopic (exact) mass is 280 g/mol. The minimum atomic E-state index is -0.128. The van der Waals surface area contributed by atoms with E-state index < -0.39 is 0 Å². The largest absolute Gasteiger partial charge is 0.497 e.